The Morgan fingerprint density at radius 2 is 1.77 bits per heavy atom. The number of anilines is 2. The molecule has 1 aliphatic heterocycles. The quantitative estimate of drug-likeness (QED) is 0.540. The number of para-hydroxylation sites is 1. The van der Waals surface area contributed by atoms with Crippen LogP contribution in [0.2, 0.25) is 0 Å². The van der Waals surface area contributed by atoms with E-state index in [-0.39, 0.29) is 5.91 Å². The molecule has 0 saturated carbocycles. The van der Waals surface area contributed by atoms with Gasteiger partial charge in [-0.3, -0.25) is 4.79 Å². The number of fused-ring (bicyclic) bond motifs is 1. The number of nitrogens with one attached hydrogen (secondary N) is 1. The second kappa shape index (κ2) is 8.24. The van der Waals surface area contributed by atoms with E-state index in [4.69, 9.17) is 9.72 Å². The number of morpholine rings is 1. The Kier molecular flexibility index (Phi) is 5.14. The summed E-state index contributed by atoms with van der Waals surface area (Å²) in [5, 5.41) is 3.06. The molecule has 0 bridgehead atoms. The van der Waals surface area contributed by atoms with Crippen LogP contribution >= 0.6 is 0 Å². The Labute approximate surface area is 181 Å². The zero-order valence-electron chi connectivity index (χ0n) is 17.4. The van der Waals surface area contributed by atoms with E-state index in [0.29, 0.717) is 5.56 Å². The van der Waals surface area contributed by atoms with Crippen molar-refractivity contribution >= 4 is 22.9 Å². The fourth-order valence-corrected chi connectivity index (χ4v) is 3.94. The second-order valence-electron chi connectivity index (χ2n) is 7.69. The molecule has 3 heterocycles. The average Bonchev–Trinajstić information content (AvgIpc) is 3.26. The lowest BCUT2D eigenvalue weighted by Crippen LogP contribution is -2.36. The minimum Gasteiger partial charge on any atom is -0.378 e. The van der Waals surface area contributed by atoms with Gasteiger partial charge in [0.2, 0.25) is 0 Å². The van der Waals surface area contributed by atoms with Crippen LogP contribution in [0.15, 0.2) is 73.1 Å². The molecule has 0 spiro atoms. The first-order valence-electron chi connectivity index (χ1n) is 10.5. The third-order valence-electron chi connectivity index (χ3n) is 5.63. The Morgan fingerprint density at radius 1 is 1.00 bits per heavy atom. The van der Waals surface area contributed by atoms with Crippen molar-refractivity contribution in [2.75, 3.05) is 36.5 Å². The molecule has 1 fully saturated rings. The van der Waals surface area contributed by atoms with Gasteiger partial charge in [0.1, 0.15) is 5.65 Å². The lowest BCUT2D eigenvalue weighted by molar-refractivity contribution is 0.102. The van der Waals surface area contributed by atoms with Crippen molar-refractivity contribution in [3.8, 4) is 11.3 Å². The zero-order valence-corrected chi connectivity index (χ0v) is 17.4. The van der Waals surface area contributed by atoms with Gasteiger partial charge in [-0.15, -0.1) is 0 Å². The topological polar surface area (TPSA) is 58.9 Å². The van der Waals surface area contributed by atoms with Crippen LogP contribution in [0.3, 0.4) is 0 Å². The van der Waals surface area contributed by atoms with E-state index in [0.717, 1.165) is 60.1 Å². The number of carbonyl (C=O) groups is 1. The highest BCUT2D eigenvalue weighted by Gasteiger charge is 2.15. The van der Waals surface area contributed by atoms with Crippen molar-refractivity contribution in [2.24, 2.45) is 0 Å². The number of imidazole rings is 1. The van der Waals surface area contributed by atoms with E-state index in [1.54, 1.807) is 0 Å². The van der Waals surface area contributed by atoms with Gasteiger partial charge in [0.25, 0.3) is 5.91 Å². The van der Waals surface area contributed by atoms with E-state index in [2.05, 4.69) is 10.2 Å². The number of benzene rings is 2. The highest BCUT2D eigenvalue weighted by atomic mass is 16.5. The number of amides is 1. The Bertz CT molecular complexity index is 1220. The number of carbonyl (C=O) groups excluding carboxylic acids is 1. The minimum atomic E-state index is -0.138. The van der Waals surface area contributed by atoms with Crippen LogP contribution in [0.1, 0.15) is 15.9 Å². The van der Waals surface area contributed by atoms with Gasteiger partial charge in [-0.25, -0.2) is 4.98 Å². The first-order chi connectivity index (χ1) is 15.2. The SMILES string of the molecule is Cc1cccn2cc(-c3ccccc3NC(=O)c3ccc(N4CCOCC4)cc3)nc12. The summed E-state index contributed by atoms with van der Waals surface area (Å²) < 4.78 is 7.42. The number of nitrogens with zero attached hydrogens (tertiary/aromatic N) is 3. The summed E-state index contributed by atoms with van der Waals surface area (Å²) in [5.74, 6) is -0.138. The van der Waals surface area contributed by atoms with Gasteiger partial charge >= 0.3 is 0 Å². The van der Waals surface area contributed by atoms with E-state index >= 15 is 0 Å². The van der Waals surface area contributed by atoms with E-state index in [1.165, 1.54) is 0 Å². The molecule has 5 rings (SSSR count). The molecule has 1 N–H and O–H groups in total. The number of pyridine rings is 1. The van der Waals surface area contributed by atoms with Crippen LogP contribution < -0.4 is 10.2 Å². The molecule has 2 aromatic carbocycles. The van der Waals surface area contributed by atoms with Crippen LogP contribution in [0.5, 0.6) is 0 Å². The van der Waals surface area contributed by atoms with E-state index < -0.39 is 0 Å². The van der Waals surface area contributed by atoms with Gasteiger partial charge in [0.05, 0.1) is 24.6 Å². The summed E-state index contributed by atoms with van der Waals surface area (Å²) in [6, 6.07) is 19.5. The van der Waals surface area contributed by atoms with Crippen molar-refractivity contribution in [3.63, 3.8) is 0 Å². The van der Waals surface area contributed by atoms with Gasteiger partial charge < -0.3 is 19.4 Å². The fraction of sp³-hybridized carbons (Fsp3) is 0.200. The first kappa shape index (κ1) is 19.3. The van der Waals surface area contributed by atoms with Crippen LogP contribution in [0.25, 0.3) is 16.9 Å². The summed E-state index contributed by atoms with van der Waals surface area (Å²) in [5.41, 5.74) is 6.22. The van der Waals surface area contributed by atoms with Crippen molar-refractivity contribution < 1.29 is 9.53 Å². The number of aryl methyl sites for hydroxylation is 1. The van der Waals surface area contributed by atoms with Gasteiger partial charge in [-0.2, -0.15) is 0 Å². The standard InChI is InChI=1S/C25H24N4O2/c1-18-5-4-12-29-17-23(26-24(18)29)21-6-2-3-7-22(21)27-25(30)19-8-10-20(11-9-19)28-13-15-31-16-14-28/h2-12,17H,13-16H2,1H3,(H,27,30). The largest absolute Gasteiger partial charge is 0.378 e. The van der Waals surface area contributed by atoms with Crippen LogP contribution in [0.4, 0.5) is 11.4 Å². The Hall–Kier alpha value is -3.64. The van der Waals surface area contributed by atoms with Crippen molar-refractivity contribution in [1.29, 1.82) is 0 Å². The average molecular weight is 412 g/mol. The maximum absolute atomic E-state index is 12.9. The van der Waals surface area contributed by atoms with Gasteiger partial charge in [0.15, 0.2) is 0 Å². The lowest BCUT2D eigenvalue weighted by atomic mass is 10.1. The Morgan fingerprint density at radius 3 is 2.55 bits per heavy atom. The molecule has 1 amide bonds. The summed E-state index contributed by atoms with van der Waals surface area (Å²) in [4.78, 5) is 20.0. The highest BCUT2D eigenvalue weighted by molar-refractivity contribution is 6.06. The molecule has 31 heavy (non-hydrogen) atoms. The molecule has 2 aromatic heterocycles. The normalized spacial score (nSPS) is 14.0. The Balaban J connectivity index is 1.39. The number of hydrogen-bond acceptors (Lipinski definition) is 4. The van der Waals surface area contributed by atoms with Gasteiger partial charge in [0, 0.05) is 42.3 Å². The third-order valence-corrected chi connectivity index (χ3v) is 5.63. The molecular weight excluding hydrogens is 388 g/mol. The minimum absolute atomic E-state index is 0.138. The molecule has 6 heteroatoms. The summed E-state index contributed by atoms with van der Waals surface area (Å²) in [6.07, 6.45) is 3.97. The monoisotopic (exact) mass is 412 g/mol. The molecule has 1 aliphatic rings. The molecular formula is C25H24N4O2. The predicted octanol–water partition coefficient (Wildman–Crippen LogP) is 4.40. The fourth-order valence-electron chi connectivity index (χ4n) is 3.94. The zero-order chi connectivity index (χ0) is 21.2. The smallest absolute Gasteiger partial charge is 0.255 e. The van der Waals surface area contributed by atoms with Crippen LogP contribution in [-0.4, -0.2) is 41.6 Å². The van der Waals surface area contributed by atoms with E-state index in [1.807, 2.05) is 84.4 Å². The first-order valence-corrected chi connectivity index (χ1v) is 10.5. The maximum atomic E-state index is 12.9. The predicted molar refractivity (Wildman–Crippen MR) is 123 cm³/mol. The van der Waals surface area contributed by atoms with Crippen LogP contribution in [-0.2, 0) is 4.74 Å². The van der Waals surface area contributed by atoms with Crippen LogP contribution in [0, 0.1) is 6.92 Å². The molecule has 1 saturated heterocycles. The molecule has 0 unspecified atom stereocenters. The highest BCUT2D eigenvalue weighted by Crippen LogP contribution is 2.28. The molecule has 4 aromatic rings. The lowest BCUT2D eigenvalue weighted by Gasteiger charge is -2.28. The molecule has 0 radical (unpaired) electrons. The number of hydrogen-bond donors (Lipinski definition) is 1. The molecule has 156 valence electrons. The van der Waals surface area contributed by atoms with E-state index in [9.17, 15) is 4.79 Å². The summed E-state index contributed by atoms with van der Waals surface area (Å²) >= 11 is 0. The molecule has 6 nitrogen and oxygen atoms in total. The second-order valence-corrected chi connectivity index (χ2v) is 7.69. The van der Waals surface area contributed by atoms with Crippen molar-refractivity contribution in [1.82, 2.24) is 9.38 Å². The number of ether oxygens (including phenoxy) is 1. The number of aromatic nitrogens is 2. The third kappa shape index (κ3) is 3.90. The number of rotatable bonds is 4. The molecule has 0 atom stereocenters. The van der Waals surface area contributed by atoms with Gasteiger partial charge in [-0.05, 0) is 48.9 Å². The molecule has 0 aliphatic carbocycles. The summed E-state index contributed by atoms with van der Waals surface area (Å²) in [7, 11) is 0. The maximum Gasteiger partial charge on any atom is 0.255 e. The van der Waals surface area contributed by atoms with Crippen molar-refractivity contribution in [2.45, 2.75) is 6.92 Å². The van der Waals surface area contributed by atoms with Crippen molar-refractivity contribution in [3.05, 3.63) is 84.2 Å². The summed E-state index contributed by atoms with van der Waals surface area (Å²) in [6.45, 7) is 5.26. The van der Waals surface area contributed by atoms with Gasteiger partial charge in [-0.1, -0.05) is 24.3 Å².